The number of benzene rings is 9. The summed E-state index contributed by atoms with van der Waals surface area (Å²) in [6.45, 7) is 6.81. The molecule has 7 N–H and O–H groups in total. The average molecular weight is 1880 g/mol. The highest BCUT2D eigenvalue weighted by Crippen LogP contribution is 2.37. The van der Waals surface area contributed by atoms with E-state index in [1.807, 2.05) is 175 Å². The van der Waals surface area contributed by atoms with Gasteiger partial charge in [-0.2, -0.15) is 35.4 Å². The van der Waals surface area contributed by atoms with Gasteiger partial charge in [0.05, 0.1) is 137 Å². The number of ether oxygens (including phenoxy) is 6. The normalized spacial score (nSPS) is 14.9. The number of nitroso groups, excluding NO2 is 1. The van der Waals surface area contributed by atoms with E-state index in [0.717, 1.165) is 91.0 Å². The maximum atomic E-state index is 13.2. The molecule has 138 heavy (non-hydrogen) atoms. The fourth-order valence-corrected chi connectivity index (χ4v) is 16.5. The molecule has 46 heteroatoms. The highest BCUT2D eigenvalue weighted by Gasteiger charge is 2.39. The number of aliphatic hydroxyl groups is 2. The first kappa shape index (κ1) is 94.2. The van der Waals surface area contributed by atoms with Gasteiger partial charge >= 0.3 is 23.9 Å². The summed E-state index contributed by atoms with van der Waals surface area (Å²) in [5, 5.41) is 107. The predicted molar refractivity (Wildman–Crippen MR) is 488 cm³/mol. The van der Waals surface area contributed by atoms with Gasteiger partial charge in [0.1, 0.15) is 12.1 Å². The number of aromatic amines is 3. The third kappa shape index (κ3) is 21.9. The molecule has 0 spiro atoms. The number of nitrogens with one attached hydrogen (secondary N) is 4. The first-order valence-corrected chi connectivity index (χ1v) is 44.4. The molecule has 3 fully saturated rings. The van der Waals surface area contributed by atoms with Crippen LogP contribution in [0.3, 0.4) is 0 Å². The van der Waals surface area contributed by atoms with E-state index in [4.69, 9.17) is 42.9 Å². The molecule has 712 valence electrons. The van der Waals surface area contributed by atoms with Gasteiger partial charge in [-0.15, -0.1) is 40.6 Å². The lowest BCUT2D eigenvalue weighted by molar-refractivity contribution is -0.795. The molecule has 15 aromatic rings. The number of para-hydroxylation sites is 3. The molecule has 2 unspecified atom stereocenters. The van der Waals surface area contributed by atoms with Crippen LogP contribution in [-0.2, 0) is 53.2 Å². The maximum absolute atomic E-state index is 13.2. The number of carbonyl (C=O) groups excluding carboxylic acids is 3. The molecule has 9 aromatic carbocycles. The maximum Gasteiger partial charge on any atom is 0.343 e. The molecular formula is C92H96N27O19+. The van der Waals surface area contributed by atoms with Crippen molar-refractivity contribution in [3.8, 4) is 85.6 Å². The van der Waals surface area contributed by atoms with E-state index >= 15 is 0 Å². The molecule has 0 aliphatic carbocycles. The molecular weight excluding hydrogens is 1790 g/mol. The highest BCUT2D eigenvalue weighted by atomic mass is 16.8. The van der Waals surface area contributed by atoms with Crippen molar-refractivity contribution in [2.24, 2.45) is 10.6 Å². The molecule has 6 aromatic heterocycles. The summed E-state index contributed by atoms with van der Waals surface area (Å²) in [6, 6.07) is 62.1. The van der Waals surface area contributed by atoms with Crippen LogP contribution >= 0.6 is 0 Å². The number of carboxylic acid groups (broad SMARTS) is 1. The molecule has 3 atom stereocenters. The van der Waals surface area contributed by atoms with Crippen LogP contribution in [0.25, 0.3) is 101 Å². The van der Waals surface area contributed by atoms with E-state index in [1.165, 1.54) is 10.0 Å². The molecule has 0 bridgehead atoms. The minimum absolute atomic E-state index is 0.162. The minimum Gasteiger partial charge on any atom is -0.569 e. The molecule has 46 nitrogen and oxygen atoms in total. The SMILES string of the molecule is CCOc1nc2cccc(C(=O)OCO/N=[N+](\[O-])N3CCCCC3CO)c2n1Cc1ccc(-c2ccccc2-c2nn[nH]n2)cc1.CCOc1nc2cccc(C(=O)OCO/N=[N+](\[O-])N3CCC[C@H]3CO)c2n1Cc1ccc(-c2ccccc2-c2nn[nH]n2)cc1.CCOc1nc2cccc(C(=O)OCON[N+](=O)N3CCCCC3C(=O)O)c2n1Cc1ccc(-c2ccccc2-c2nn[nH]n2)cc1. The monoisotopic (exact) mass is 1880 g/mol. The van der Waals surface area contributed by atoms with Crippen molar-refractivity contribution < 1.29 is 92.3 Å². The van der Waals surface area contributed by atoms with Crippen molar-refractivity contribution in [1.29, 1.82) is 0 Å². The Morgan fingerprint density at radius 3 is 1.12 bits per heavy atom. The van der Waals surface area contributed by atoms with Gasteiger partial charge in [-0.25, -0.2) is 19.2 Å². The first-order valence-electron chi connectivity index (χ1n) is 44.4. The van der Waals surface area contributed by atoms with Crippen LogP contribution < -0.4 is 19.8 Å². The fraction of sp³-hybridized carbons (Fsp3) is 0.304. The van der Waals surface area contributed by atoms with Crippen molar-refractivity contribution in [2.75, 3.05) is 73.0 Å². The zero-order valence-corrected chi connectivity index (χ0v) is 75.0. The number of carboxylic acids is 1. The van der Waals surface area contributed by atoms with Crippen LogP contribution in [0.15, 0.2) is 211 Å². The Balaban J connectivity index is 0.000000150. The standard InChI is InChI=1S/C31H31N9O7.C31H33N9O6.C30H31N9O6/c1-2-45-31-32-25-11-7-10-24(30(43)46-19-47-37-40(44)39-17-6-5-12-26(39)29(41)42)27(25)38(31)18-20-13-15-21(16-14-20)22-8-3-4-9-23(22)28-33-35-36-34-28;1-2-44-31-32-27-12-7-11-26(30(42)45-20-46-37-40(43)39-17-6-5-8-23(39)19-41)28(27)38(31)18-21-13-15-22(16-14-21)24-9-3-4-10-25(24)29-33-35-36-34-29;1-2-43-30-31-26-11-5-10-25(29(41)44-19-45-36-39(42)38-16-6-7-22(38)18-40)27(26)37(30)17-20-12-14-21(15-13-20)23-8-3-4-9-24(23)28-32-34-35-33-28/h3-4,7-11,13-16,26H,2,5-6,12,17-19H2,1H3,(H2-,33,34,35,36,37,41,42,44);3-4,7,9-16,23,41H,2,5-6,8,17-20H2,1H3,(H,33,34,35,36);3-5,8-15,22,40H,2,6-7,16-19H2,1H3,(H,32,33,34,35)/p+1/b;40-37-;39-36-/t;;22-/m..0/s1. The van der Waals surface area contributed by atoms with Crippen LogP contribution in [0.4, 0.5) is 0 Å². The van der Waals surface area contributed by atoms with Gasteiger partial charge in [0.15, 0.2) is 6.04 Å². The van der Waals surface area contributed by atoms with Crippen molar-refractivity contribution in [2.45, 2.75) is 110 Å². The second-order valence-corrected chi connectivity index (χ2v) is 31.4. The second kappa shape index (κ2) is 45.1. The van der Waals surface area contributed by atoms with Gasteiger partial charge in [0.2, 0.25) is 34.8 Å². The molecule has 3 aliphatic heterocycles. The number of hydrogen-bond acceptors (Lipinski definition) is 32. The lowest BCUT2D eigenvalue weighted by Gasteiger charge is -2.29. The zero-order chi connectivity index (χ0) is 95.8. The average Bonchev–Trinajstić information content (AvgIpc) is 1.63. The van der Waals surface area contributed by atoms with Crippen LogP contribution in [0.2, 0.25) is 0 Å². The van der Waals surface area contributed by atoms with Crippen LogP contribution in [-0.4, -0.2) is 251 Å². The number of H-pyrrole nitrogens is 3. The Bertz CT molecular complexity index is 6740. The number of aliphatic carboxylic acids is 1. The largest absolute Gasteiger partial charge is 0.569 e. The smallest absolute Gasteiger partial charge is 0.343 e. The van der Waals surface area contributed by atoms with Crippen molar-refractivity contribution in [3.05, 3.63) is 249 Å². The number of piperidine rings is 2. The van der Waals surface area contributed by atoms with Gasteiger partial charge in [-0.05, 0) is 174 Å². The Kier molecular flexibility index (Phi) is 30.8. The molecule has 0 saturated carbocycles. The number of hydrogen-bond donors (Lipinski definition) is 7. The van der Waals surface area contributed by atoms with Crippen LogP contribution in [0.1, 0.15) is 120 Å². The fourth-order valence-electron chi connectivity index (χ4n) is 16.5. The third-order valence-electron chi connectivity index (χ3n) is 23.0. The molecule has 3 aliphatic rings. The zero-order valence-electron chi connectivity index (χ0n) is 75.0. The number of imidazole rings is 3. The van der Waals surface area contributed by atoms with E-state index in [9.17, 15) is 49.8 Å². The van der Waals surface area contributed by atoms with Gasteiger partial charge in [-0.1, -0.05) is 169 Å². The van der Waals surface area contributed by atoms with E-state index in [-0.39, 0.29) is 58.5 Å². The van der Waals surface area contributed by atoms with Crippen molar-refractivity contribution >= 4 is 57.0 Å². The van der Waals surface area contributed by atoms with Gasteiger partial charge < -0.3 is 63.8 Å². The van der Waals surface area contributed by atoms with E-state index in [0.29, 0.717) is 158 Å². The van der Waals surface area contributed by atoms with E-state index in [1.54, 1.807) is 59.2 Å². The van der Waals surface area contributed by atoms with Crippen molar-refractivity contribution in [1.82, 2.24) is 111 Å². The summed E-state index contributed by atoms with van der Waals surface area (Å²) in [4.78, 5) is 93.2. The summed E-state index contributed by atoms with van der Waals surface area (Å²) in [5.74, 6) is -1.66. The predicted octanol–water partition coefficient (Wildman–Crippen LogP) is 11.3. The Morgan fingerprint density at radius 1 is 0.428 bits per heavy atom. The number of fused-ring (bicyclic) bond motifs is 3. The van der Waals surface area contributed by atoms with Gasteiger partial charge in [-0.3, -0.25) is 13.7 Å². The third-order valence-corrected chi connectivity index (χ3v) is 23.0. The quantitative estimate of drug-likeness (QED) is 0.00362. The molecule has 18 rings (SSSR count). The molecule has 3 saturated heterocycles. The number of aliphatic hydroxyl groups excluding tert-OH is 2. The number of hydrazine groups is 4. The number of tetrazole rings is 3. The number of nitrogens with zero attached hydrogens (tertiary/aromatic N) is 23. The highest BCUT2D eigenvalue weighted by molar-refractivity contribution is 6.04. The number of aromatic nitrogens is 18. The van der Waals surface area contributed by atoms with Crippen LogP contribution in [0.5, 0.6) is 18.0 Å². The molecule has 9 heterocycles. The molecule has 0 amide bonds. The Morgan fingerprint density at radius 2 is 0.768 bits per heavy atom. The van der Waals surface area contributed by atoms with Crippen molar-refractivity contribution in [3.63, 3.8) is 0 Å². The topological polar surface area (TPSA) is 548 Å². The number of esters is 3. The summed E-state index contributed by atoms with van der Waals surface area (Å²) in [7, 11) is 0. The van der Waals surface area contributed by atoms with Gasteiger partial charge in [0.25, 0.3) is 36.6 Å². The Hall–Kier alpha value is -17.0. The summed E-state index contributed by atoms with van der Waals surface area (Å²) in [5.41, 5.74) is 17.2. The van der Waals surface area contributed by atoms with Gasteiger partial charge in [0, 0.05) is 22.3 Å². The minimum atomic E-state index is -1.10. The molecule has 0 radical (unpaired) electrons. The summed E-state index contributed by atoms with van der Waals surface area (Å²) < 4.78 is 38.9. The summed E-state index contributed by atoms with van der Waals surface area (Å²) in [6.07, 6.45) is 5.56. The lowest BCUT2D eigenvalue weighted by Crippen LogP contribution is -2.53. The van der Waals surface area contributed by atoms with Crippen LogP contribution in [0, 0.1) is 15.3 Å². The Labute approximate surface area is 784 Å². The number of carbonyl (C=O) groups is 4. The van der Waals surface area contributed by atoms with E-state index in [2.05, 4.69) is 93.0 Å². The van der Waals surface area contributed by atoms with E-state index < -0.39 is 50.3 Å². The first-order chi connectivity index (χ1) is 67.6. The summed E-state index contributed by atoms with van der Waals surface area (Å²) >= 11 is 0. The number of rotatable bonds is 37. The second-order valence-electron chi connectivity index (χ2n) is 31.4. The lowest BCUT2D eigenvalue weighted by atomic mass is 9.98.